The van der Waals surface area contributed by atoms with Crippen LogP contribution in [0, 0.1) is 11.8 Å². The molecule has 0 aromatic heterocycles. The molecule has 2 fully saturated rings. The highest BCUT2D eigenvalue weighted by Crippen LogP contribution is 2.44. The number of rotatable bonds is 1. The predicted octanol–water partition coefficient (Wildman–Crippen LogP) is 1.00. The van der Waals surface area contributed by atoms with E-state index in [0.29, 0.717) is 6.42 Å². The van der Waals surface area contributed by atoms with Gasteiger partial charge in [0.15, 0.2) is 5.78 Å². The maximum absolute atomic E-state index is 11.6. The maximum atomic E-state index is 11.6. The molecule has 2 rings (SSSR count). The monoisotopic (exact) mass is 193 g/mol. The van der Waals surface area contributed by atoms with Crippen LogP contribution in [0.1, 0.15) is 19.3 Å². The first-order valence-electron chi connectivity index (χ1n) is 5.06. The van der Waals surface area contributed by atoms with Crippen LogP contribution in [0.3, 0.4) is 0 Å². The Morgan fingerprint density at radius 2 is 2.07 bits per heavy atom. The Balaban J connectivity index is 2.22. The molecule has 2 aliphatic carbocycles. The van der Waals surface area contributed by atoms with Crippen LogP contribution in [0.2, 0.25) is 0 Å². The van der Waals surface area contributed by atoms with Crippen molar-refractivity contribution in [3.63, 3.8) is 0 Å². The van der Waals surface area contributed by atoms with Gasteiger partial charge in [-0.05, 0) is 12.8 Å². The van der Waals surface area contributed by atoms with E-state index >= 15 is 0 Å². The summed E-state index contributed by atoms with van der Waals surface area (Å²) >= 11 is 0. The summed E-state index contributed by atoms with van der Waals surface area (Å²) in [7, 11) is 3.75. The minimum atomic E-state index is -0.0707. The summed E-state index contributed by atoms with van der Waals surface area (Å²) in [5, 5.41) is 0. The molecule has 14 heavy (non-hydrogen) atoms. The quantitative estimate of drug-likeness (QED) is 0.583. The Hall–Kier alpha value is -1.12. The first-order chi connectivity index (χ1) is 6.61. The zero-order valence-corrected chi connectivity index (χ0v) is 8.62. The molecule has 0 aromatic carbocycles. The second-order valence-corrected chi connectivity index (χ2v) is 4.36. The summed E-state index contributed by atoms with van der Waals surface area (Å²) < 4.78 is 0. The molecule has 0 heterocycles. The fourth-order valence-corrected chi connectivity index (χ4v) is 2.41. The molecule has 0 N–H and O–H groups in total. The number of nitrogens with zero attached hydrogens (tertiary/aromatic N) is 1. The number of carbonyl (C=O) groups is 2. The molecule has 2 aliphatic rings. The van der Waals surface area contributed by atoms with Crippen molar-refractivity contribution in [2.45, 2.75) is 19.3 Å². The number of carbonyl (C=O) groups excluding carboxylic acids is 2. The lowest BCUT2D eigenvalue weighted by Crippen LogP contribution is -2.47. The summed E-state index contributed by atoms with van der Waals surface area (Å²) in [4.78, 5) is 25.1. The summed E-state index contributed by atoms with van der Waals surface area (Å²) in [6, 6.07) is 0. The molecule has 3 heteroatoms. The molecular weight excluding hydrogens is 178 g/mol. The minimum Gasteiger partial charge on any atom is -0.383 e. The van der Waals surface area contributed by atoms with Crippen LogP contribution in [0.15, 0.2) is 11.8 Å². The van der Waals surface area contributed by atoms with Crippen molar-refractivity contribution in [3.05, 3.63) is 11.8 Å². The first kappa shape index (κ1) is 9.44. The zero-order valence-electron chi connectivity index (χ0n) is 8.62. The molecule has 0 amide bonds. The zero-order chi connectivity index (χ0) is 10.3. The molecule has 0 saturated heterocycles. The van der Waals surface area contributed by atoms with Crippen molar-refractivity contribution in [2.75, 3.05) is 14.1 Å². The summed E-state index contributed by atoms with van der Waals surface area (Å²) in [5.41, 5.74) is 0.727. The molecule has 2 unspecified atom stereocenters. The van der Waals surface area contributed by atoms with Crippen LogP contribution in [0.5, 0.6) is 0 Å². The van der Waals surface area contributed by atoms with Crippen LogP contribution >= 0.6 is 0 Å². The Labute approximate surface area is 83.8 Å². The third-order valence-corrected chi connectivity index (χ3v) is 3.04. The molecule has 0 radical (unpaired) electrons. The standard InChI is InChI=1S/C11H15NO2/c1-12(2)6-8-10-7(11(8)14)4-3-5-9(10)13/h6-7,10H,3-5H2,1-2H3. The van der Waals surface area contributed by atoms with Gasteiger partial charge in [-0.1, -0.05) is 0 Å². The van der Waals surface area contributed by atoms with Crippen molar-refractivity contribution in [3.8, 4) is 0 Å². The normalized spacial score (nSPS) is 34.0. The van der Waals surface area contributed by atoms with Crippen molar-refractivity contribution in [1.29, 1.82) is 0 Å². The number of allylic oxidation sites excluding steroid dienone is 1. The number of Topliss-reactive ketones (excluding diaryl/α,β-unsaturated/α-hetero) is 2. The van der Waals surface area contributed by atoms with E-state index in [9.17, 15) is 9.59 Å². The third kappa shape index (κ3) is 1.27. The Bertz CT molecular complexity index is 317. The number of hydrogen-bond donors (Lipinski definition) is 0. The van der Waals surface area contributed by atoms with E-state index < -0.39 is 0 Å². The fourth-order valence-electron chi connectivity index (χ4n) is 2.41. The van der Waals surface area contributed by atoms with E-state index in [1.54, 1.807) is 6.20 Å². The first-order valence-corrected chi connectivity index (χ1v) is 5.06. The van der Waals surface area contributed by atoms with E-state index in [-0.39, 0.29) is 23.4 Å². The number of ketones is 2. The highest BCUT2D eigenvalue weighted by molar-refractivity contribution is 6.13. The van der Waals surface area contributed by atoms with Crippen molar-refractivity contribution >= 4 is 11.6 Å². The molecular formula is C11H15NO2. The van der Waals surface area contributed by atoms with E-state index in [0.717, 1.165) is 18.4 Å². The van der Waals surface area contributed by atoms with Gasteiger partial charge >= 0.3 is 0 Å². The van der Waals surface area contributed by atoms with Gasteiger partial charge in [-0.15, -0.1) is 0 Å². The van der Waals surface area contributed by atoms with Gasteiger partial charge in [0.2, 0.25) is 0 Å². The van der Waals surface area contributed by atoms with Gasteiger partial charge in [-0.25, -0.2) is 0 Å². The molecule has 2 atom stereocenters. The lowest BCUT2D eigenvalue weighted by Gasteiger charge is -2.40. The lowest BCUT2D eigenvalue weighted by atomic mass is 9.61. The number of fused-ring (bicyclic) bond motifs is 1. The highest BCUT2D eigenvalue weighted by atomic mass is 16.1. The largest absolute Gasteiger partial charge is 0.383 e. The van der Waals surface area contributed by atoms with E-state index in [1.807, 2.05) is 19.0 Å². The van der Waals surface area contributed by atoms with Gasteiger partial charge in [0.1, 0.15) is 5.78 Å². The molecule has 76 valence electrons. The van der Waals surface area contributed by atoms with E-state index in [2.05, 4.69) is 0 Å². The van der Waals surface area contributed by atoms with Crippen LogP contribution in [-0.2, 0) is 9.59 Å². The van der Waals surface area contributed by atoms with E-state index in [1.165, 1.54) is 0 Å². The lowest BCUT2D eigenvalue weighted by molar-refractivity contribution is -0.139. The molecule has 0 aromatic rings. The Morgan fingerprint density at radius 1 is 1.36 bits per heavy atom. The average Bonchev–Trinajstić information content (AvgIpc) is 2.14. The predicted molar refractivity (Wildman–Crippen MR) is 52.6 cm³/mol. The summed E-state index contributed by atoms with van der Waals surface area (Å²) in [5.74, 6) is 0.395. The topological polar surface area (TPSA) is 37.4 Å². The van der Waals surface area contributed by atoms with Crippen molar-refractivity contribution < 1.29 is 9.59 Å². The van der Waals surface area contributed by atoms with Gasteiger partial charge in [0.25, 0.3) is 0 Å². The van der Waals surface area contributed by atoms with Gasteiger partial charge in [0.05, 0.1) is 5.92 Å². The van der Waals surface area contributed by atoms with Gasteiger partial charge in [0, 0.05) is 38.2 Å². The maximum Gasteiger partial charge on any atom is 0.165 e. The van der Waals surface area contributed by atoms with Gasteiger partial charge in [-0.2, -0.15) is 0 Å². The minimum absolute atomic E-state index is 0.0162. The second kappa shape index (κ2) is 3.23. The van der Waals surface area contributed by atoms with Crippen molar-refractivity contribution in [1.82, 2.24) is 4.90 Å². The van der Waals surface area contributed by atoms with Crippen molar-refractivity contribution in [2.24, 2.45) is 11.8 Å². The van der Waals surface area contributed by atoms with Crippen LogP contribution in [-0.4, -0.2) is 30.6 Å². The summed E-state index contributed by atoms with van der Waals surface area (Å²) in [6.45, 7) is 0. The average molecular weight is 193 g/mol. The molecule has 0 aliphatic heterocycles. The van der Waals surface area contributed by atoms with Gasteiger partial charge < -0.3 is 4.90 Å². The smallest absolute Gasteiger partial charge is 0.165 e. The molecule has 0 bridgehead atoms. The van der Waals surface area contributed by atoms with Gasteiger partial charge in [-0.3, -0.25) is 9.59 Å². The molecule has 0 spiro atoms. The van der Waals surface area contributed by atoms with Crippen LogP contribution < -0.4 is 0 Å². The Kier molecular flexibility index (Phi) is 2.17. The fraction of sp³-hybridized carbons (Fsp3) is 0.636. The summed E-state index contributed by atoms with van der Waals surface area (Å²) in [6.07, 6.45) is 4.24. The SMILES string of the molecule is CN(C)C=C1C(=O)C2CCCC(=O)C12. The highest BCUT2D eigenvalue weighted by Gasteiger charge is 2.50. The molecule has 3 nitrogen and oxygen atoms in total. The van der Waals surface area contributed by atoms with Crippen LogP contribution in [0.4, 0.5) is 0 Å². The Morgan fingerprint density at radius 3 is 2.71 bits per heavy atom. The second-order valence-electron chi connectivity index (χ2n) is 4.36. The third-order valence-electron chi connectivity index (χ3n) is 3.04. The van der Waals surface area contributed by atoms with Crippen LogP contribution in [0.25, 0.3) is 0 Å². The van der Waals surface area contributed by atoms with E-state index in [4.69, 9.17) is 0 Å². The number of hydrogen-bond acceptors (Lipinski definition) is 3. The molecule has 2 saturated carbocycles.